The highest BCUT2D eigenvalue weighted by Gasteiger charge is 2.74. The zero-order valence-corrected chi connectivity index (χ0v) is 40.7. The molecule has 4 aromatic heterocycles. The fourth-order valence-corrected chi connectivity index (χ4v) is 11.4. The summed E-state index contributed by atoms with van der Waals surface area (Å²) in [5, 5.41) is 27.9. The van der Waals surface area contributed by atoms with Gasteiger partial charge in [0.1, 0.15) is 37.4 Å². The molecular weight excluding hydrogens is 922 g/mol. The highest BCUT2D eigenvalue weighted by Crippen LogP contribution is 2.72. The van der Waals surface area contributed by atoms with Crippen LogP contribution in [0.2, 0.25) is 18.1 Å². The van der Waals surface area contributed by atoms with Crippen molar-refractivity contribution < 1.29 is 51.8 Å². The minimum Gasteiger partial charge on any atom is -0.411 e. The molecule has 25 heteroatoms. The van der Waals surface area contributed by atoms with Gasteiger partial charge in [-0.15, -0.1) is 0 Å². The number of H-pyrrole nitrogens is 1. The Labute approximate surface area is 391 Å². The maximum absolute atomic E-state index is 15.3. The first-order valence-electron chi connectivity index (χ1n) is 22.1. The van der Waals surface area contributed by atoms with Crippen molar-refractivity contribution in [2.45, 2.75) is 102 Å². The molecular formula is C43H56N11O12PSi. The second kappa shape index (κ2) is 18.9. The third-order valence-corrected chi connectivity index (χ3v) is 19.3. The number of aliphatic hydroxyl groups is 2. The van der Waals surface area contributed by atoms with Crippen LogP contribution in [-0.2, 0) is 36.8 Å². The van der Waals surface area contributed by atoms with E-state index in [1.165, 1.54) is 30.7 Å². The Hall–Kier alpha value is -5.32. The fraction of sp³-hybridized carbons (Fsp3) is 0.558. The van der Waals surface area contributed by atoms with Crippen LogP contribution in [0.4, 0.5) is 11.8 Å². The number of aliphatic hydroxyl groups excluding tert-OH is 2. The summed E-state index contributed by atoms with van der Waals surface area (Å²) >= 11 is 0. The van der Waals surface area contributed by atoms with Crippen molar-refractivity contribution in [3.05, 3.63) is 76.6 Å². The predicted octanol–water partition coefficient (Wildman–Crippen LogP) is 4.47. The molecule has 1 aliphatic heterocycles. The lowest BCUT2D eigenvalue weighted by molar-refractivity contribution is -0.118. The van der Waals surface area contributed by atoms with Gasteiger partial charge >= 0.3 is 7.82 Å². The Bertz CT molecular complexity index is 2830. The number of fused-ring (bicyclic) bond motifs is 3. The molecule has 2 amide bonds. The first-order valence-corrected chi connectivity index (χ1v) is 26.5. The van der Waals surface area contributed by atoms with Gasteiger partial charge in [0.25, 0.3) is 11.5 Å². The normalized spacial score (nSPS) is 26.7. The number of methoxy groups -OCH3 is 1. The number of amides is 2. The zero-order chi connectivity index (χ0) is 48.9. The number of ether oxygens (including phenoxy) is 2. The maximum Gasteiger partial charge on any atom is 0.475 e. The van der Waals surface area contributed by atoms with Gasteiger partial charge in [0, 0.05) is 24.0 Å². The van der Waals surface area contributed by atoms with Gasteiger partial charge in [-0.05, 0) is 42.6 Å². The van der Waals surface area contributed by atoms with E-state index in [4.69, 9.17) is 34.0 Å². The van der Waals surface area contributed by atoms with E-state index in [1.54, 1.807) is 48.7 Å². The number of benzene rings is 1. The molecule has 8 rings (SSSR count). The van der Waals surface area contributed by atoms with Crippen LogP contribution in [0, 0.1) is 23.8 Å². The monoisotopic (exact) mass is 977 g/mol. The van der Waals surface area contributed by atoms with Crippen LogP contribution in [-0.4, -0.2) is 133 Å². The van der Waals surface area contributed by atoms with Crippen LogP contribution >= 0.6 is 7.82 Å². The Morgan fingerprint density at radius 3 is 2.46 bits per heavy atom. The summed E-state index contributed by atoms with van der Waals surface area (Å²) in [7, 11) is -6.10. The first-order chi connectivity index (χ1) is 32.3. The Kier molecular flexibility index (Phi) is 13.6. The molecule has 10 atom stereocenters. The highest BCUT2D eigenvalue weighted by molar-refractivity contribution is 7.48. The number of rotatable bonds is 18. The molecule has 1 saturated heterocycles. The summed E-state index contributed by atoms with van der Waals surface area (Å²) < 4.78 is 56.1. The van der Waals surface area contributed by atoms with Gasteiger partial charge in [-0.1, -0.05) is 52.8 Å². The first kappa shape index (κ1) is 49.1. The van der Waals surface area contributed by atoms with E-state index in [1.807, 2.05) is 0 Å². The highest BCUT2D eigenvalue weighted by atomic mass is 31.2. The van der Waals surface area contributed by atoms with Crippen molar-refractivity contribution in [1.29, 1.82) is 0 Å². The standard InChI is InChI=1S/C43H56N11O12PSi/c1-23(2)37(57)51-41-50-36-28(39(59)52-41)48-22-54(36)40-30(56)31(61-7)26(64-40)18-63-67(60,62-16-15-44-6)65-32-29(25-17-43(25,19-55)33(32)66-68(8,9)42(3,4)5)53-21-47-27-34(45-20-46-35(27)53)49-38(58)24-13-11-10-12-14-24/h10-14,20-23,25-26,29-33,40,55-56H,15-19H2,1-5,7-9H3,(H,45,46,49,58)(H2,50,51,52,57,59)/t25-,26-,29-,30-,31-,32+,33+,40-,43+,67?/m1/s1. The molecule has 5 heterocycles. The van der Waals surface area contributed by atoms with Crippen LogP contribution < -0.4 is 16.2 Å². The largest absolute Gasteiger partial charge is 0.475 e. The van der Waals surface area contributed by atoms with Crippen LogP contribution in [0.5, 0.6) is 0 Å². The Morgan fingerprint density at radius 1 is 1.06 bits per heavy atom. The van der Waals surface area contributed by atoms with Crippen molar-refractivity contribution in [3.8, 4) is 0 Å². The predicted molar refractivity (Wildman–Crippen MR) is 247 cm³/mol. The topological polar surface area (TPSA) is 283 Å². The third kappa shape index (κ3) is 9.15. The third-order valence-electron chi connectivity index (χ3n) is 13.4. The number of carbonyl (C=O) groups is 2. The molecule has 3 aliphatic rings. The molecule has 0 spiro atoms. The van der Waals surface area contributed by atoms with Crippen molar-refractivity contribution in [1.82, 2.24) is 39.0 Å². The number of hydrogen-bond acceptors (Lipinski definition) is 17. The van der Waals surface area contributed by atoms with Gasteiger partial charge in [0.2, 0.25) is 18.4 Å². The molecule has 0 bridgehead atoms. The van der Waals surface area contributed by atoms with E-state index in [0.717, 1.165) is 0 Å². The SMILES string of the molecule is [C-]#[N+]CCOP(=O)(OC[C@H]1O[C@@H](n2cnc3c(=O)[nH]c(NC(=O)C(C)C)nc32)[C@H](O)[C@@H]1OC)O[C@H]1[C@H](n2cnc3c(NC(=O)c4ccccc4)ncnc32)[C@H]2C[C@@]2(CO)[C@H]1O[Si](C)(C)C(C)(C)C. The molecule has 2 saturated carbocycles. The number of carbonyl (C=O) groups excluding carboxylic acids is 2. The second-order valence-electron chi connectivity index (χ2n) is 19.0. The molecule has 5 aromatic rings. The smallest absolute Gasteiger partial charge is 0.411 e. The summed E-state index contributed by atoms with van der Waals surface area (Å²) in [5.41, 5.74) is -0.606. The van der Waals surface area contributed by atoms with E-state index in [2.05, 4.69) is 79.2 Å². The number of nitrogens with one attached hydrogen (secondary N) is 3. The molecule has 2 aliphatic carbocycles. The summed E-state index contributed by atoms with van der Waals surface area (Å²) in [4.78, 5) is 66.6. The Balaban J connectivity index is 1.12. The summed E-state index contributed by atoms with van der Waals surface area (Å²) in [6.07, 6.45) is -2.34. The Morgan fingerprint density at radius 2 is 1.78 bits per heavy atom. The summed E-state index contributed by atoms with van der Waals surface area (Å²) in [5.74, 6) is -1.51. The molecule has 364 valence electrons. The van der Waals surface area contributed by atoms with Crippen LogP contribution in [0.25, 0.3) is 27.2 Å². The van der Waals surface area contributed by atoms with E-state index in [0.29, 0.717) is 17.6 Å². The quantitative estimate of drug-likeness (QED) is 0.0350. The number of imidazole rings is 2. The minimum atomic E-state index is -4.76. The fourth-order valence-electron chi connectivity index (χ4n) is 8.64. The second-order valence-corrected chi connectivity index (χ2v) is 25.4. The average Bonchev–Trinajstić information content (AvgIpc) is 3.56. The van der Waals surface area contributed by atoms with Gasteiger partial charge in [0.05, 0.1) is 38.0 Å². The number of aromatic amines is 1. The lowest BCUT2D eigenvalue weighted by Crippen LogP contribution is -2.50. The number of nitrogens with zero attached hydrogens (tertiary/aromatic N) is 8. The maximum atomic E-state index is 15.3. The molecule has 3 fully saturated rings. The zero-order valence-electron chi connectivity index (χ0n) is 38.9. The summed E-state index contributed by atoms with van der Waals surface area (Å²) in [6, 6.07) is 7.88. The van der Waals surface area contributed by atoms with E-state index in [-0.39, 0.29) is 59.2 Å². The molecule has 5 N–H and O–H groups in total. The number of anilines is 2. The van der Waals surface area contributed by atoms with E-state index >= 15 is 4.57 Å². The molecule has 1 unspecified atom stereocenters. The summed E-state index contributed by atoms with van der Waals surface area (Å²) in [6.45, 7) is 19.7. The lowest BCUT2D eigenvalue weighted by atomic mass is 10.0. The number of aromatic nitrogens is 8. The van der Waals surface area contributed by atoms with E-state index in [9.17, 15) is 24.6 Å². The molecule has 1 aromatic carbocycles. The molecule has 68 heavy (non-hydrogen) atoms. The van der Waals surface area contributed by atoms with Crippen molar-refractivity contribution >= 4 is 62.0 Å². The van der Waals surface area contributed by atoms with Gasteiger partial charge in [-0.25, -0.2) is 31.1 Å². The van der Waals surface area contributed by atoms with Gasteiger partial charge in [-0.3, -0.25) is 42.8 Å². The van der Waals surface area contributed by atoms with Crippen molar-refractivity contribution in [2.75, 3.05) is 44.1 Å². The number of phosphoric ester groups is 1. The minimum absolute atomic E-state index is 0.0100. The molecule has 23 nitrogen and oxygen atoms in total. The number of phosphoric acid groups is 1. The van der Waals surface area contributed by atoms with Crippen LogP contribution in [0.1, 0.15) is 63.7 Å². The lowest BCUT2D eigenvalue weighted by Gasteiger charge is -2.43. The van der Waals surface area contributed by atoms with Crippen molar-refractivity contribution in [2.24, 2.45) is 17.3 Å². The van der Waals surface area contributed by atoms with Gasteiger partial charge < -0.3 is 38.8 Å². The average molecular weight is 978 g/mol. The van der Waals surface area contributed by atoms with Crippen LogP contribution in [0.15, 0.2) is 54.1 Å². The van der Waals surface area contributed by atoms with Gasteiger partial charge in [0.15, 0.2) is 42.7 Å². The molecule has 0 radical (unpaired) electrons. The van der Waals surface area contributed by atoms with Gasteiger partial charge in [-0.2, -0.15) is 4.98 Å². The van der Waals surface area contributed by atoms with Crippen molar-refractivity contribution in [3.63, 3.8) is 0 Å². The van der Waals surface area contributed by atoms with E-state index < -0.39 is 94.2 Å². The number of hydrogen-bond donors (Lipinski definition) is 5. The van der Waals surface area contributed by atoms with Crippen LogP contribution in [0.3, 0.4) is 0 Å².